The van der Waals surface area contributed by atoms with Gasteiger partial charge in [-0.05, 0) is 48.7 Å². The summed E-state index contributed by atoms with van der Waals surface area (Å²) < 4.78 is 41.9. The van der Waals surface area contributed by atoms with Gasteiger partial charge < -0.3 is 4.90 Å². The summed E-state index contributed by atoms with van der Waals surface area (Å²) in [5.41, 5.74) is 0.418. The van der Waals surface area contributed by atoms with Crippen LogP contribution in [0.15, 0.2) is 34.8 Å². The number of rotatable bonds is 1. The number of benzene rings is 2. The summed E-state index contributed by atoms with van der Waals surface area (Å²) >= 11 is 3.21. The van der Waals surface area contributed by atoms with Crippen LogP contribution in [-0.2, 0) is 6.42 Å². The number of halogens is 4. The molecule has 1 aliphatic heterocycles. The van der Waals surface area contributed by atoms with Crippen molar-refractivity contribution in [3.05, 3.63) is 63.4 Å². The molecule has 0 atom stereocenters. The summed E-state index contributed by atoms with van der Waals surface area (Å²) in [5.74, 6) is -2.83. The van der Waals surface area contributed by atoms with Crippen LogP contribution in [0.1, 0.15) is 22.3 Å². The highest BCUT2D eigenvalue weighted by molar-refractivity contribution is 9.10. The second kappa shape index (κ2) is 5.76. The number of fused-ring (bicyclic) bond motifs is 1. The molecule has 2 nitrogen and oxygen atoms in total. The molecule has 0 aromatic heterocycles. The first kappa shape index (κ1) is 15.1. The maximum Gasteiger partial charge on any atom is 0.261 e. The maximum absolute atomic E-state index is 14.2. The van der Waals surface area contributed by atoms with Crippen molar-refractivity contribution in [2.75, 3.05) is 11.4 Å². The maximum atomic E-state index is 14.2. The second-order valence-electron chi connectivity index (χ2n) is 5.08. The lowest BCUT2D eigenvalue weighted by molar-refractivity contribution is 0.0979. The average Bonchev–Trinajstić information content (AvgIpc) is 2.48. The first-order valence-electron chi connectivity index (χ1n) is 6.72. The normalized spacial score (nSPS) is 13.9. The zero-order valence-corrected chi connectivity index (χ0v) is 13.0. The van der Waals surface area contributed by atoms with Crippen LogP contribution in [0.5, 0.6) is 0 Å². The summed E-state index contributed by atoms with van der Waals surface area (Å²) in [4.78, 5) is 13.7. The fourth-order valence-corrected chi connectivity index (χ4v) is 3.14. The van der Waals surface area contributed by atoms with E-state index in [4.69, 9.17) is 0 Å². The Balaban J connectivity index is 2.08. The number of amides is 1. The van der Waals surface area contributed by atoms with Gasteiger partial charge in [-0.15, -0.1) is 0 Å². The Hall–Kier alpha value is -1.82. The molecule has 0 radical (unpaired) electrons. The van der Waals surface area contributed by atoms with Crippen LogP contribution in [0.2, 0.25) is 0 Å². The molecule has 114 valence electrons. The van der Waals surface area contributed by atoms with Gasteiger partial charge in [-0.1, -0.05) is 15.9 Å². The number of aryl methyl sites for hydroxylation is 1. The van der Waals surface area contributed by atoms with E-state index in [0.29, 0.717) is 22.9 Å². The van der Waals surface area contributed by atoms with Crippen molar-refractivity contribution >= 4 is 27.5 Å². The largest absolute Gasteiger partial charge is 0.305 e. The zero-order chi connectivity index (χ0) is 15.9. The first-order chi connectivity index (χ1) is 10.5. The average molecular weight is 370 g/mol. The van der Waals surface area contributed by atoms with Gasteiger partial charge in [0.2, 0.25) is 0 Å². The summed E-state index contributed by atoms with van der Waals surface area (Å²) in [6, 6.07) is 5.66. The number of hydrogen-bond acceptors (Lipinski definition) is 1. The van der Waals surface area contributed by atoms with Crippen LogP contribution in [0.25, 0.3) is 0 Å². The third-order valence-corrected chi connectivity index (χ3v) is 4.07. The van der Waals surface area contributed by atoms with E-state index < -0.39 is 28.9 Å². The van der Waals surface area contributed by atoms with Gasteiger partial charge in [0.25, 0.3) is 5.91 Å². The van der Waals surface area contributed by atoms with E-state index in [1.807, 2.05) is 0 Å². The predicted molar refractivity (Wildman–Crippen MR) is 80.5 cm³/mol. The van der Waals surface area contributed by atoms with Crippen LogP contribution in [0, 0.1) is 17.5 Å². The Morgan fingerprint density at radius 2 is 1.86 bits per heavy atom. The third-order valence-electron chi connectivity index (χ3n) is 3.61. The van der Waals surface area contributed by atoms with E-state index >= 15 is 0 Å². The highest BCUT2D eigenvalue weighted by atomic mass is 79.9. The Labute approximate surface area is 133 Å². The second-order valence-corrected chi connectivity index (χ2v) is 6.00. The predicted octanol–water partition coefficient (Wildman–Crippen LogP) is 4.46. The Morgan fingerprint density at radius 1 is 1.09 bits per heavy atom. The highest BCUT2D eigenvalue weighted by Gasteiger charge is 2.28. The lowest BCUT2D eigenvalue weighted by atomic mass is 10.00. The molecule has 0 fully saturated rings. The van der Waals surface area contributed by atoms with Crippen molar-refractivity contribution in [2.45, 2.75) is 12.8 Å². The van der Waals surface area contributed by atoms with Gasteiger partial charge in [0.15, 0.2) is 0 Å². The number of carbonyl (C=O) groups excluding carboxylic acids is 1. The van der Waals surface area contributed by atoms with Crippen LogP contribution < -0.4 is 4.90 Å². The molecule has 1 aliphatic rings. The van der Waals surface area contributed by atoms with Gasteiger partial charge in [0.1, 0.15) is 17.5 Å². The molecule has 22 heavy (non-hydrogen) atoms. The van der Waals surface area contributed by atoms with Gasteiger partial charge in [-0.25, -0.2) is 13.2 Å². The quantitative estimate of drug-likeness (QED) is 0.726. The topological polar surface area (TPSA) is 20.3 Å². The molecule has 0 unspecified atom stereocenters. The fourth-order valence-electron chi connectivity index (χ4n) is 2.66. The fraction of sp³-hybridized carbons (Fsp3) is 0.188. The van der Waals surface area contributed by atoms with Crippen molar-refractivity contribution in [2.24, 2.45) is 0 Å². The SMILES string of the molecule is O=C(c1cc(F)ccc1F)N1CCCc2cc(Br)cc(F)c21. The van der Waals surface area contributed by atoms with E-state index in [2.05, 4.69) is 15.9 Å². The van der Waals surface area contributed by atoms with E-state index in [9.17, 15) is 18.0 Å². The monoisotopic (exact) mass is 369 g/mol. The van der Waals surface area contributed by atoms with Crippen molar-refractivity contribution in [1.29, 1.82) is 0 Å². The minimum Gasteiger partial charge on any atom is -0.305 e. The first-order valence-corrected chi connectivity index (χ1v) is 7.51. The molecule has 0 spiro atoms. The molecule has 3 rings (SSSR count). The lowest BCUT2D eigenvalue weighted by Gasteiger charge is -2.30. The molecule has 0 saturated heterocycles. The van der Waals surface area contributed by atoms with E-state index in [-0.39, 0.29) is 12.2 Å². The molecule has 0 N–H and O–H groups in total. The summed E-state index contributed by atoms with van der Waals surface area (Å²) in [6.45, 7) is 0.264. The molecule has 0 saturated carbocycles. The summed E-state index contributed by atoms with van der Waals surface area (Å²) in [6.07, 6.45) is 1.26. The molecular formula is C16H11BrF3NO. The summed E-state index contributed by atoms with van der Waals surface area (Å²) in [7, 11) is 0. The van der Waals surface area contributed by atoms with Crippen LogP contribution in [0.3, 0.4) is 0 Å². The highest BCUT2D eigenvalue weighted by Crippen LogP contribution is 2.34. The van der Waals surface area contributed by atoms with Crippen LogP contribution in [0.4, 0.5) is 18.9 Å². The summed E-state index contributed by atoms with van der Waals surface area (Å²) in [5, 5.41) is 0. The number of carbonyl (C=O) groups is 1. The van der Waals surface area contributed by atoms with Crippen LogP contribution in [-0.4, -0.2) is 12.5 Å². The Bertz CT molecular complexity index is 763. The standard InChI is InChI=1S/C16H11BrF3NO/c17-10-6-9-2-1-5-21(15(9)14(20)7-10)16(22)12-8-11(18)3-4-13(12)19/h3-4,6-8H,1-2,5H2. The van der Waals surface area contributed by atoms with E-state index in [1.165, 1.54) is 11.0 Å². The molecule has 2 aromatic rings. The molecule has 0 aliphatic carbocycles. The molecule has 1 amide bonds. The molecule has 6 heteroatoms. The minimum atomic E-state index is -0.823. The number of anilines is 1. The molecule has 0 bridgehead atoms. The van der Waals surface area contributed by atoms with Gasteiger partial charge in [-0.2, -0.15) is 0 Å². The van der Waals surface area contributed by atoms with Gasteiger partial charge >= 0.3 is 0 Å². The smallest absolute Gasteiger partial charge is 0.261 e. The van der Waals surface area contributed by atoms with Crippen LogP contribution >= 0.6 is 15.9 Å². The van der Waals surface area contributed by atoms with E-state index in [0.717, 1.165) is 18.2 Å². The van der Waals surface area contributed by atoms with Crippen molar-refractivity contribution in [1.82, 2.24) is 0 Å². The molecule has 2 aromatic carbocycles. The minimum absolute atomic E-state index is 0.142. The lowest BCUT2D eigenvalue weighted by Crippen LogP contribution is -2.36. The van der Waals surface area contributed by atoms with Crippen molar-refractivity contribution < 1.29 is 18.0 Å². The Kier molecular flexibility index (Phi) is 3.95. The molecule has 1 heterocycles. The zero-order valence-electron chi connectivity index (χ0n) is 11.4. The van der Waals surface area contributed by atoms with Gasteiger partial charge in [-0.3, -0.25) is 4.79 Å². The van der Waals surface area contributed by atoms with E-state index in [1.54, 1.807) is 6.07 Å². The third kappa shape index (κ3) is 2.63. The van der Waals surface area contributed by atoms with Gasteiger partial charge in [0, 0.05) is 11.0 Å². The Morgan fingerprint density at radius 3 is 2.64 bits per heavy atom. The van der Waals surface area contributed by atoms with Crippen molar-refractivity contribution in [3.63, 3.8) is 0 Å². The van der Waals surface area contributed by atoms with Crippen molar-refractivity contribution in [3.8, 4) is 0 Å². The molecular weight excluding hydrogens is 359 g/mol. The van der Waals surface area contributed by atoms with Gasteiger partial charge in [0.05, 0.1) is 11.3 Å². The number of hydrogen-bond donors (Lipinski definition) is 0. The number of nitrogens with zero attached hydrogens (tertiary/aromatic N) is 1.